The fourth-order valence-electron chi connectivity index (χ4n) is 1.76. The molecule has 0 saturated heterocycles. The van der Waals surface area contributed by atoms with Gasteiger partial charge >= 0.3 is 0 Å². The van der Waals surface area contributed by atoms with Crippen LogP contribution in [0.1, 0.15) is 19.4 Å². The number of benzene rings is 2. The van der Waals surface area contributed by atoms with Crippen molar-refractivity contribution in [3.63, 3.8) is 0 Å². The van der Waals surface area contributed by atoms with Crippen LogP contribution in [0.3, 0.4) is 0 Å². The van der Waals surface area contributed by atoms with E-state index in [-0.39, 0.29) is 12.9 Å². The molecule has 3 heteroatoms. The summed E-state index contributed by atoms with van der Waals surface area (Å²) in [5.74, 6) is 0.855. The van der Waals surface area contributed by atoms with Crippen LogP contribution in [0.4, 0.5) is 0 Å². The quantitative estimate of drug-likeness (QED) is 0.764. The lowest BCUT2D eigenvalue weighted by Gasteiger charge is -2.12. The molecule has 2 aromatic rings. The van der Waals surface area contributed by atoms with Crippen LogP contribution in [-0.4, -0.2) is 12.9 Å². The van der Waals surface area contributed by atoms with Gasteiger partial charge in [0.15, 0.2) is 6.79 Å². The molecule has 0 saturated carbocycles. The Morgan fingerprint density at radius 1 is 1.11 bits per heavy atom. The van der Waals surface area contributed by atoms with Crippen LogP contribution in [0.2, 0.25) is 0 Å². The molecule has 0 radical (unpaired) electrons. The molecular weight excluding hydrogens is 292 g/mol. The van der Waals surface area contributed by atoms with Gasteiger partial charge in [0.2, 0.25) is 0 Å². The second kappa shape index (κ2) is 5.72. The Balaban J connectivity index is 2.31. The van der Waals surface area contributed by atoms with Crippen molar-refractivity contribution >= 4 is 26.7 Å². The zero-order valence-corrected chi connectivity index (χ0v) is 12.5. The van der Waals surface area contributed by atoms with Crippen LogP contribution < -0.4 is 4.74 Å². The Labute approximate surface area is 116 Å². The average molecular weight is 309 g/mol. The first-order valence-electron chi connectivity index (χ1n) is 6.01. The van der Waals surface area contributed by atoms with Crippen molar-refractivity contribution in [2.45, 2.75) is 26.9 Å². The number of rotatable bonds is 4. The van der Waals surface area contributed by atoms with E-state index in [2.05, 4.69) is 41.1 Å². The number of halogens is 1. The van der Waals surface area contributed by atoms with Gasteiger partial charge in [-0.1, -0.05) is 39.7 Å². The first kappa shape index (κ1) is 13.4. The number of hydrogen-bond acceptors (Lipinski definition) is 2. The Morgan fingerprint density at radius 3 is 2.61 bits per heavy atom. The zero-order chi connectivity index (χ0) is 13.1. The van der Waals surface area contributed by atoms with E-state index in [0.717, 1.165) is 21.0 Å². The Kier molecular flexibility index (Phi) is 4.25. The minimum Gasteiger partial charge on any atom is -0.467 e. The highest BCUT2D eigenvalue weighted by Gasteiger charge is 2.06. The van der Waals surface area contributed by atoms with E-state index >= 15 is 0 Å². The maximum atomic E-state index is 5.68. The zero-order valence-electron chi connectivity index (χ0n) is 10.9. The molecule has 0 fully saturated rings. The summed E-state index contributed by atoms with van der Waals surface area (Å²) < 4.78 is 12.2. The lowest BCUT2D eigenvalue weighted by Crippen LogP contribution is -2.09. The van der Waals surface area contributed by atoms with E-state index in [0.29, 0.717) is 0 Å². The highest BCUT2D eigenvalue weighted by atomic mass is 79.9. The third-order valence-corrected chi connectivity index (χ3v) is 3.39. The minimum atomic E-state index is 0.175. The van der Waals surface area contributed by atoms with Gasteiger partial charge in [0.1, 0.15) is 5.75 Å². The van der Waals surface area contributed by atoms with Crippen LogP contribution in [0.25, 0.3) is 10.8 Å². The number of aryl methyl sites for hydroxylation is 1. The summed E-state index contributed by atoms with van der Waals surface area (Å²) in [6, 6.07) is 10.3. The fourth-order valence-corrected chi connectivity index (χ4v) is 2.22. The minimum absolute atomic E-state index is 0.175. The second-order valence-electron chi connectivity index (χ2n) is 4.57. The molecule has 0 aliphatic carbocycles. The molecule has 0 amide bonds. The molecule has 18 heavy (non-hydrogen) atoms. The Bertz CT molecular complexity index is 549. The van der Waals surface area contributed by atoms with E-state index in [1.54, 1.807) is 0 Å². The highest BCUT2D eigenvalue weighted by Crippen LogP contribution is 2.32. The summed E-state index contributed by atoms with van der Waals surface area (Å²) in [6.45, 7) is 6.35. The molecule has 0 bridgehead atoms. The first-order chi connectivity index (χ1) is 8.58. The van der Waals surface area contributed by atoms with Gasteiger partial charge in [-0.3, -0.25) is 0 Å². The molecule has 0 aliphatic heterocycles. The van der Waals surface area contributed by atoms with Crippen LogP contribution in [0.15, 0.2) is 34.8 Å². The number of hydrogen-bond donors (Lipinski definition) is 0. The van der Waals surface area contributed by atoms with Gasteiger partial charge in [-0.25, -0.2) is 0 Å². The predicted molar refractivity (Wildman–Crippen MR) is 78.1 cm³/mol. The number of ether oxygens (including phenoxy) is 2. The van der Waals surface area contributed by atoms with Gasteiger partial charge in [0.05, 0.1) is 6.10 Å². The van der Waals surface area contributed by atoms with Gasteiger partial charge in [-0.15, -0.1) is 0 Å². The molecule has 0 N–H and O–H groups in total. The second-order valence-corrected chi connectivity index (χ2v) is 5.43. The van der Waals surface area contributed by atoms with Crippen LogP contribution in [-0.2, 0) is 4.74 Å². The summed E-state index contributed by atoms with van der Waals surface area (Å²) in [4.78, 5) is 0. The predicted octanol–water partition coefficient (Wildman–Crippen LogP) is 4.67. The van der Waals surface area contributed by atoms with Crippen molar-refractivity contribution < 1.29 is 9.47 Å². The summed E-state index contributed by atoms with van der Waals surface area (Å²) in [5.41, 5.74) is 1.23. The summed E-state index contributed by atoms with van der Waals surface area (Å²) in [5, 5.41) is 2.26. The maximum Gasteiger partial charge on any atom is 0.189 e. The van der Waals surface area contributed by atoms with Crippen molar-refractivity contribution in [1.82, 2.24) is 0 Å². The molecule has 0 aromatic heterocycles. The molecule has 96 valence electrons. The molecule has 0 spiro atoms. The molecule has 2 rings (SSSR count). The molecule has 0 aliphatic rings. The molecule has 2 aromatic carbocycles. The molecule has 0 atom stereocenters. The largest absolute Gasteiger partial charge is 0.467 e. The molecular formula is C15H17BrO2. The van der Waals surface area contributed by atoms with E-state index in [4.69, 9.17) is 9.47 Å². The SMILES string of the molecule is Cc1ccc2c(OCOC(C)C)ccc(Br)c2c1. The van der Waals surface area contributed by atoms with Gasteiger partial charge in [-0.2, -0.15) is 0 Å². The van der Waals surface area contributed by atoms with Gasteiger partial charge < -0.3 is 9.47 Å². The summed E-state index contributed by atoms with van der Waals surface area (Å²) >= 11 is 3.57. The smallest absolute Gasteiger partial charge is 0.189 e. The maximum absolute atomic E-state index is 5.68. The Hall–Kier alpha value is -1.06. The third kappa shape index (κ3) is 3.03. The summed E-state index contributed by atoms with van der Waals surface area (Å²) in [6.07, 6.45) is 0.175. The number of fused-ring (bicyclic) bond motifs is 1. The van der Waals surface area contributed by atoms with E-state index in [9.17, 15) is 0 Å². The van der Waals surface area contributed by atoms with E-state index in [1.165, 1.54) is 5.56 Å². The summed E-state index contributed by atoms with van der Waals surface area (Å²) in [7, 11) is 0. The van der Waals surface area contributed by atoms with Crippen LogP contribution in [0.5, 0.6) is 5.75 Å². The van der Waals surface area contributed by atoms with Gasteiger partial charge in [0.25, 0.3) is 0 Å². The van der Waals surface area contributed by atoms with Crippen molar-refractivity contribution in [3.05, 3.63) is 40.4 Å². The first-order valence-corrected chi connectivity index (χ1v) is 6.80. The Morgan fingerprint density at radius 2 is 1.89 bits per heavy atom. The van der Waals surface area contributed by atoms with Crippen molar-refractivity contribution in [2.24, 2.45) is 0 Å². The van der Waals surface area contributed by atoms with E-state index in [1.807, 2.05) is 26.0 Å². The highest BCUT2D eigenvalue weighted by molar-refractivity contribution is 9.10. The molecule has 2 nitrogen and oxygen atoms in total. The van der Waals surface area contributed by atoms with Crippen molar-refractivity contribution in [2.75, 3.05) is 6.79 Å². The average Bonchev–Trinajstić information content (AvgIpc) is 2.32. The monoisotopic (exact) mass is 308 g/mol. The van der Waals surface area contributed by atoms with Gasteiger partial charge in [0, 0.05) is 9.86 Å². The topological polar surface area (TPSA) is 18.5 Å². The lowest BCUT2D eigenvalue weighted by molar-refractivity contribution is -0.0192. The van der Waals surface area contributed by atoms with Crippen molar-refractivity contribution in [3.8, 4) is 5.75 Å². The third-order valence-electron chi connectivity index (χ3n) is 2.69. The lowest BCUT2D eigenvalue weighted by atomic mass is 10.1. The fraction of sp³-hybridized carbons (Fsp3) is 0.333. The van der Waals surface area contributed by atoms with E-state index < -0.39 is 0 Å². The normalized spacial score (nSPS) is 11.2. The van der Waals surface area contributed by atoms with Crippen LogP contribution in [0, 0.1) is 6.92 Å². The standard InChI is InChI=1S/C15H17BrO2/c1-10(2)17-9-18-15-7-6-14(16)13-8-11(3)4-5-12(13)15/h4-8,10H,9H2,1-3H3. The molecule has 0 unspecified atom stereocenters. The van der Waals surface area contributed by atoms with Crippen molar-refractivity contribution in [1.29, 1.82) is 0 Å². The van der Waals surface area contributed by atoms with Gasteiger partial charge in [-0.05, 0) is 38.3 Å². The molecule has 0 heterocycles. The van der Waals surface area contributed by atoms with Crippen LogP contribution >= 0.6 is 15.9 Å².